The van der Waals surface area contributed by atoms with Crippen LogP contribution in [0, 0.1) is 0 Å². The van der Waals surface area contributed by atoms with Gasteiger partial charge in [0, 0.05) is 32.6 Å². The summed E-state index contributed by atoms with van der Waals surface area (Å²) in [5.74, 6) is -0.0419. The Kier molecular flexibility index (Phi) is 5.80. The summed E-state index contributed by atoms with van der Waals surface area (Å²) in [5.41, 5.74) is 0. The molecule has 8 heteroatoms. The van der Waals surface area contributed by atoms with Gasteiger partial charge in [-0.15, -0.1) is 0 Å². The summed E-state index contributed by atoms with van der Waals surface area (Å²) < 4.78 is 24.8. The third-order valence-electron chi connectivity index (χ3n) is 4.26. The van der Waals surface area contributed by atoms with Gasteiger partial charge in [0.2, 0.25) is 21.8 Å². The molecule has 2 rings (SSSR count). The van der Waals surface area contributed by atoms with Gasteiger partial charge >= 0.3 is 0 Å². The molecule has 0 unspecified atom stereocenters. The van der Waals surface area contributed by atoms with Gasteiger partial charge in [0.1, 0.15) is 6.04 Å². The van der Waals surface area contributed by atoms with Crippen LogP contribution in [0.15, 0.2) is 0 Å². The standard InChI is InChI=1S/C14H25N3O4S/c1-22(20,21)17-11-3-2-6-12(17)14(19)15-8-5-10-16-9-4-7-13(16)18/h12H,2-11H2,1H3,(H,15,19)/t12-/m1/s1. The zero-order chi connectivity index (χ0) is 16.2. The molecule has 0 saturated carbocycles. The predicted octanol–water partition coefficient (Wildman–Crippen LogP) is -0.0708. The Labute approximate surface area is 132 Å². The van der Waals surface area contributed by atoms with Crippen LogP contribution in [-0.4, -0.2) is 67.9 Å². The lowest BCUT2D eigenvalue weighted by Gasteiger charge is -2.32. The molecule has 2 aliphatic heterocycles. The number of nitrogens with one attached hydrogen (secondary N) is 1. The number of carbonyl (C=O) groups is 2. The van der Waals surface area contributed by atoms with Crippen LogP contribution in [0.1, 0.15) is 38.5 Å². The van der Waals surface area contributed by atoms with E-state index < -0.39 is 16.1 Å². The fraction of sp³-hybridized carbons (Fsp3) is 0.857. The van der Waals surface area contributed by atoms with Crippen molar-refractivity contribution in [1.29, 1.82) is 0 Å². The molecule has 0 bridgehead atoms. The molecule has 0 aromatic rings. The van der Waals surface area contributed by atoms with Crippen LogP contribution in [0.4, 0.5) is 0 Å². The van der Waals surface area contributed by atoms with Crippen LogP contribution in [0.25, 0.3) is 0 Å². The molecule has 0 aromatic carbocycles. The van der Waals surface area contributed by atoms with Gasteiger partial charge in [0.15, 0.2) is 0 Å². The van der Waals surface area contributed by atoms with Gasteiger partial charge in [-0.05, 0) is 25.7 Å². The first-order valence-corrected chi connectivity index (χ1v) is 9.77. The Morgan fingerprint density at radius 1 is 1.27 bits per heavy atom. The van der Waals surface area contributed by atoms with Crippen molar-refractivity contribution < 1.29 is 18.0 Å². The highest BCUT2D eigenvalue weighted by Crippen LogP contribution is 2.20. The van der Waals surface area contributed by atoms with Gasteiger partial charge in [-0.2, -0.15) is 4.31 Å². The average molecular weight is 331 g/mol. The summed E-state index contributed by atoms with van der Waals surface area (Å²) in [4.78, 5) is 25.5. The Bertz CT molecular complexity index is 520. The number of likely N-dealkylation sites (tertiary alicyclic amines) is 1. The molecule has 2 aliphatic rings. The van der Waals surface area contributed by atoms with Crippen LogP contribution in [0.5, 0.6) is 0 Å². The second kappa shape index (κ2) is 7.41. The van der Waals surface area contributed by atoms with Crippen molar-refractivity contribution in [3.05, 3.63) is 0 Å². The second-order valence-corrected chi connectivity index (χ2v) is 7.95. The lowest BCUT2D eigenvalue weighted by Crippen LogP contribution is -2.51. The van der Waals surface area contributed by atoms with E-state index in [1.54, 1.807) is 0 Å². The van der Waals surface area contributed by atoms with E-state index in [1.807, 2.05) is 4.90 Å². The summed E-state index contributed by atoms with van der Waals surface area (Å²) in [5, 5.41) is 2.81. The zero-order valence-electron chi connectivity index (χ0n) is 13.1. The molecular formula is C14H25N3O4S. The van der Waals surface area contributed by atoms with Gasteiger partial charge in [0.25, 0.3) is 0 Å². The fourth-order valence-electron chi connectivity index (χ4n) is 3.10. The third kappa shape index (κ3) is 4.42. The van der Waals surface area contributed by atoms with Crippen molar-refractivity contribution >= 4 is 21.8 Å². The Morgan fingerprint density at radius 2 is 2.05 bits per heavy atom. The van der Waals surface area contributed by atoms with Gasteiger partial charge in [-0.3, -0.25) is 9.59 Å². The number of sulfonamides is 1. The highest BCUT2D eigenvalue weighted by molar-refractivity contribution is 7.88. The number of hydrogen-bond donors (Lipinski definition) is 1. The van der Waals surface area contributed by atoms with Crippen molar-refractivity contribution in [3.8, 4) is 0 Å². The van der Waals surface area contributed by atoms with Crippen molar-refractivity contribution in [3.63, 3.8) is 0 Å². The molecule has 1 N–H and O–H groups in total. The van der Waals surface area contributed by atoms with Gasteiger partial charge in [-0.25, -0.2) is 8.42 Å². The van der Waals surface area contributed by atoms with E-state index >= 15 is 0 Å². The van der Waals surface area contributed by atoms with E-state index in [4.69, 9.17) is 0 Å². The molecule has 7 nitrogen and oxygen atoms in total. The maximum atomic E-state index is 12.2. The summed E-state index contributed by atoms with van der Waals surface area (Å²) in [6.07, 6.45) is 5.62. The maximum absolute atomic E-state index is 12.2. The van der Waals surface area contributed by atoms with E-state index in [9.17, 15) is 18.0 Å². The summed E-state index contributed by atoms with van der Waals surface area (Å²) in [6.45, 7) is 2.34. The van der Waals surface area contributed by atoms with Gasteiger partial charge in [-0.1, -0.05) is 6.42 Å². The topological polar surface area (TPSA) is 86.8 Å². The van der Waals surface area contributed by atoms with Crippen LogP contribution in [-0.2, 0) is 19.6 Å². The minimum Gasteiger partial charge on any atom is -0.355 e. The first-order valence-electron chi connectivity index (χ1n) is 7.92. The molecule has 0 aromatic heterocycles. The Hall–Kier alpha value is -1.15. The van der Waals surface area contributed by atoms with Crippen LogP contribution < -0.4 is 5.32 Å². The smallest absolute Gasteiger partial charge is 0.238 e. The van der Waals surface area contributed by atoms with Crippen LogP contribution >= 0.6 is 0 Å². The second-order valence-electron chi connectivity index (χ2n) is 6.01. The molecule has 0 spiro atoms. The number of hydrogen-bond acceptors (Lipinski definition) is 4. The van der Waals surface area contributed by atoms with Crippen molar-refractivity contribution in [2.24, 2.45) is 0 Å². The summed E-state index contributed by atoms with van der Waals surface area (Å²) in [6, 6.07) is -0.586. The number of carbonyl (C=O) groups excluding carboxylic acids is 2. The van der Waals surface area contributed by atoms with Crippen molar-refractivity contribution in [2.45, 2.75) is 44.6 Å². The number of nitrogens with zero attached hydrogens (tertiary/aromatic N) is 2. The fourth-order valence-corrected chi connectivity index (χ4v) is 4.23. The predicted molar refractivity (Wildman–Crippen MR) is 82.6 cm³/mol. The van der Waals surface area contributed by atoms with E-state index in [-0.39, 0.29) is 11.8 Å². The number of piperidine rings is 1. The van der Waals surface area contributed by atoms with Crippen molar-refractivity contribution in [1.82, 2.24) is 14.5 Å². The monoisotopic (exact) mass is 331 g/mol. The Morgan fingerprint density at radius 3 is 2.68 bits per heavy atom. The molecule has 126 valence electrons. The number of amides is 2. The first kappa shape index (κ1) is 17.2. The minimum atomic E-state index is -3.35. The third-order valence-corrected chi connectivity index (χ3v) is 5.55. The minimum absolute atomic E-state index is 0.182. The van der Waals surface area contributed by atoms with Gasteiger partial charge in [0.05, 0.1) is 6.26 Å². The molecular weight excluding hydrogens is 306 g/mol. The first-order chi connectivity index (χ1) is 10.4. The summed E-state index contributed by atoms with van der Waals surface area (Å²) >= 11 is 0. The van der Waals surface area contributed by atoms with E-state index in [0.29, 0.717) is 38.9 Å². The van der Waals surface area contributed by atoms with Crippen molar-refractivity contribution in [2.75, 3.05) is 32.4 Å². The van der Waals surface area contributed by atoms with Crippen LogP contribution in [0.3, 0.4) is 0 Å². The van der Waals surface area contributed by atoms with Crippen LogP contribution in [0.2, 0.25) is 0 Å². The molecule has 2 heterocycles. The Balaban J connectivity index is 1.77. The molecule has 0 radical (unpaired) electrons. The molecule has 2 saturated heterocycles. The lowest BCUT2D eigenvalue weighted by atomic mass is 10.0. The molecule has 2 amide bonds. The maximum Gasteiger partial charge on any atom is 0.238 e. The van der Waals surface area contributed by atoms with E-state index in [2.05, 4.69) is 5.32 Å². The molecule has 1 atom stereocenters. The van der Waals surface area contributed by atoms with Gasteiger partial charge < -0.3 is 10.2 Å². The molecule has 2 fully saturated rings. The lowest BCUT2D eigenvalue weighted by molar-refractivity contribution is -0.127. The largest absolute Gasteiger partial charge is 0.355 e. The van der Waals surface area contributed by atoms with E-state index in [1.165, 1.54) is 4.31 Å². The molecule has 22 heavy (non-hydrogen) atoms. The zero-order valence-corrected chi connectivity index (χ0v) is 13.9. The SMILES string of the molecule is CS(=O)(=O)N1CCCC[C@@H]1C(=O)NCCCN1CCCC1=O. The van der Waals surface area contributed by atoms with E-state index in [0.717, 1.165) is 32.1 Å². The number of rotatable bonds is 6. The highest BCUT2D eigenvalue weighted by atomic mass is 32.2. The molecule has 0 aliphatic carbocycles. The quantitative estimate of drug-likeness (QED) is 0.690. The summed E-state index contributed by atoms with van der Waals surface area (Å²) in [7, 11) is -3.35. The average Bonchev–Trinajstić information content (AvgIpc) is 2.88. The highest BCUT2D eigenvalue weighted by Gasteiger charge is 2.34. The normalized spacial score (nSPS) is 23.8.